The summed E-state index contributed by atoms with van der Waals surface area (Å²) in [5.41, 5.74) is 3.34. The van der Waals surface area contributed by atoms with Crippen LogP contribution < -0.4 is 10.2 Å². The van der Waals surface area contributed by atoms with E-state index >= 15 is 0 Å². The minimum atomic E-state index is -0.667. The molecular weight excluding hydrogens is 402 g/mol. The van der Waals surface area contributed by atoms with Crippen LogP contribution in [-0.2, 0) is 0 Å². The van der Waals surface area contributed by atoms with Crippen LogP contribution in [0.25, 0.3) is 5.69 Å². The molecule has 0 unspecified atom stereocenters. The predicted octanol–water partition coefficient (Wildman–Crippen LogP) is 3.10. The standard InChI is InChI=1S/C22H26F2N6O/c1-16-9-19(14-20(10-16)29-6-4-28(5-7-29)3-2-8-31)26-22-25-15-30(27-22)21-12-17(23)11-18(24)13-21/h9-15,31H,2-8H2,1H3,(H,26,27). The quantitative estimate of drug-likeness (QED) is 0.603. The van der Waals surface area contributed by atoms with E-state index in [9.17, 15) is 8.78 Å². The van der Waals surface area contributed by atoms with E-state index in [1.54, 1.807) is 0 Å². The van der Waals surface area contributed by atoms with Gasteiger partial charge in [-0.25, -0.2) is 13.5 Å². The highest BCUT2D eigenvalue weighted by Gasteiger charge is 2.17. The Morgan fingerprint density at radius 3 is 2.42 bits per heavy atom. The zero-order chi connectivity index (χ0) is 21.8. The zero-order valence-corrected chi connectivity index (χ0v) is 17.4. The Bertz CT molecular complexity index is 1010. The van der Waals surface area contributed by atoms with Crippen LogP contribution in [0.3, 0.4) is 0 Å². The first-order valence-corrected chi connectivity index (χ1v) is 10.4. The summed E-state index contributed by atoms with van der Waals surface area (Å²) in [6.45, 7) is 6.96. The third-order valence-corrected chi connectivity index (χ3v) is 5.29. The summed E-state index contributed by atoms with van der Waals surface area (Å²) in [6.07, 6.45) is 2.22. The van der Waals surface area contributed by atoms with Crippen molar-refractivity contribution >= 4 is 17.3 Å². The molecule has 0 saturated carbocycles. The van der Waals surface area contributed by atoms with E-state index in [1.807, 2.05) is 13.0 Å². The second-order valence-corrected chi connectivity index (χ2v) is 7.73. The Morgan fingerprint density at radius 1 is 0.968 bits per heavy atom. The summed E-state index contributed by atoms with van der Waals surface area (Å²) in [5.74, 6) is -0.991. The summed E-state index contributed by atoms with van der Waals surface area (Å²) in [5, 5.41) is 16.5. The maximum absolute atomic E-state index is 13.5. The van der Waals surface area contributed by atoms with Gasteiger partial charge in [-0.15, -0.1) is 5.10 Å². The van der Waals surface area contributed by atoms with Gasteiger partial charge in [-0.3, -0.25) is 4.90 Å². The van der Waals surface area contributed by atoms with Gasteiger partial charge in [0, 0.05) is 56.8 Å². The SMILES string of the molecule is Cc1cc(Nc2ncn(-c3cc(F)cc(F)c3)n2)cc(N2CCN(CCCO)CC2)c1. The third-order valence-electron chi connectivity index (χ3n) is 5.29. The molecular formula is C22H26F2N6O. The van der Waals surface area contributed by atoms with Crippen molar-refractivity contribution in [3.63, 3.8) is 0 Å². The molecule has 2 heterocycles. The Balaban J connectivity index is 1.45. The van der Waals surface area contributed by atoms with Gasteiger partial charge in [0.2, 0.25) is 5.95 Å². The summed E-state index contributed by atoms with van der Waals surface area (Å²) < 4.78 is 28.3. The highest BCUT2D eigenvalue weighted by molar-refractivity contribution is 5.64. The average Bonchev–Trinajstić information content (AvgIpc) is 3.20. The van der Waals surface area contributed by atoms with Gasteiger partial charge in [0.15, 0.2) is 0 Å². The third kappa shape index (κ3) is 5.36. The Morgan fingerprint density at radius 2 is 1.71 bits per heavy atom. The summed E-state index contributed by atoms with van der Waals surface area (Å²) in [6, 6.07) is 9.43. The first kappa shape index (κ1) is 21.2. The van der Waals surface area contributed by atoms with Crippen LogP contribution in [-0.4, -0.2) is 64.1 Å². The maximum Gasteiger partial charge on any atom is 0.246 e. The van der Waals surface area contributed by atoms with Crippen LogP contribution in [0.5, 0.6) is 0 Å². The van der Waals surface area contributed by atoms with Crippen molar-refractivity contribution < 1.29 is 13.9 Å². The molecule has 1 aliphatic heterocycles. The molecule has 1 saturated heterocycles. The van der Waals surface area contributed by atoms with Crippen LogP contribution >= 0.6 is 0 Å². The minimum absolute atomic E-state index is 0.227. The van der Waals surface area contributed by atoms with Gasteiger partial charge in [0.05, 0.1) is 5.69 Å². The van der Waals surface area contributed by atoms with Crippen molar-refractivity contribution in [2.75, 3.05) is 49.5 Å². The van der Waals surface area contributed by atoms with Crippen LogP contribution in [0.4, 0.5) is 26.1 Å². The van der Waals surface area contributed by atoms with Crippen molar-refractivity contribution in [1.29, 1.82) is 0 Å². The smallest absolute Gasteiger partial charge is 0.246 e. The highest BCUT2D eigenvalue weighted by atomic mass is 19.1. The molecule has 0 radical (unpaired) electrons. The number of aryl methyl sites for hydroxylation is 1. The summed E-state index contributed by atoms with van der Waals surface area (Å²) in [4.78, 5) is 8.92. The maximum atomic E-state index is 13.5. The fourth-order valence-electron chi connectivity index (χ4n) is 3.79. The normalized spacial score (nSPS) is 14.8. The van der Waals surface area contributed by atoms with Crippen molar-refractivity contribution in [1.82, 2.24) is 19.7 Å². The lowest BCUT2D eigenvalue weighted by molar-refractivity contribution is 0.216. The molecule has 2 aromatic carbocycles. The number of piperazine rings is 1. The van der Waals surface area contributed by atoms with Crippen LogP contribution in [0.15, 0.2) is 42.7 Å². The van der Waals surface area contributed by atoms with E-state index in [0.717, 1.165) is 62.1 Å². The van der Waals surface area contributed by atoms with Crippen molar-refractivity contribution in [3.05, 3.63) is 59.9 Å². The first-order valence-electron chi connectivity index (χ1n) is 10.4. The van der Waals surface area contributed by atoms with E-state index in [1.165, 1.54) is 23.1 Å². The van der Waals surface area contributed by atoms with E-state index in [2.05, 4.69) is 37.3 Å². The van der Waals surface area contributed by atoms with E-state index in [4.69, 9.17) is 5.11 Å². The molecule has 1 aliphatic rings. The molecule has 4 rings (SSSR count). The first-order chi connectivity index (χ1) is 15.0. The minimum Gasteiger partial charge on any atom is -0.396 e. The lowest BCUT2D eigenvalue weighted by Crippen LogP contribution is -2.46. The van der Waals surface area contributed by atoms with E-state index in [-0.39, 0.29) is 12.3 Å². The number of nitrogens with zero attached hydrogens (tertiary/aromatic N) is 5. The van der Waals surface area contributed by atoms with Gasteiger partial charge < -0.3 is 15.3 Å². The molecule has 0 aliphatic carbocycles. The van der Waals surface area contributed by atoms with Crippen LogP contribution in [0, 0.1) is 18.6 Å². The highest BCUT2D eigenvalue weighted by Crippen LogP contribution is 2.25. The number of benzene rings is 2. The molecule has 3 aromatic rings. The molecule has 0 spiro atoms. The summed E-state index contributed by atoms with van der Waals surface area (Å²) >= 11 is 0. The molecule has 7 nitrogen and oxygen atoms in total. The molecule has 31 heavy (non-hydrogen) atoms. The number of anilines is 3. The number of halogens is 2. The molecule has 0 amide bonds. The van der Waals surface area contributed by atoms with Crippen molar-refractivity contribution in [2.45, 2.75) is 13.3 Å². The van der Waals surface area contributed by atoms with Gasteiger partial charge in [-0.2, -0.15) is 4.98 Å². The number of rotatable bonds is 7. The molecule has 0 bridgehead atoms. The van der Waals surface area contributed by atoms with Crippen LogP contribution in [0.1, 0.15) is 12.0 Å². The van der Waals surface area contributed by atoms with Gasteiger partial charge in [0.1, 0.15) is 18.0 Å². The summed E-state index contributed by atoms with van der Waals surface area (Å²) in [7, 11) is 0. The van der Waals surface area contributed by atoms with Gasteiger partial charge in [-0.1, -0.05) is 0 Å². The van der Waals surface area contributed by atoms with Crippen molar-refractivity contribution in [2.24, 2.45) is 0 Å². The number of aliphatic hydroxyl groups is 1. The number of hydrogen-bond donors (Lipinski definition) is 2. The fourth-order valence-corrected chi connectivity index (χ4v) is 3.79. The predicted molar refractivity (Wildman–Crippen MR) is 116 cm³/mol. The lowest BCUT2D eigenvalue weighted by Gasteiger charge is -2.36. The van der Waals surface area contributed by atoms with Crippen molar-refractivity contribution in [3.8, 4) is 5.69 Å². The second kappa shape index (κ2) is 9.40. The Kier molecular flexibility index (Phi) is 6.43. The van der Waals surface area contributed by atoms with E-state index < -0.39 is 11.6 Å². The largest absolute Gasteiger partial charge is 0.396 e. The second-order valence-electron chi connectivity index (χ2n) is 7.73. The molecule has 164 valence electrons. The Labute approximate surface area is 179 Å². The molecule has 0 atom stereocenters. The van der Waals surface area contributed by atoms with Crippen LogP contribution in [0.2, 0.25) is 0 Å². The van der Waals surface area contributed by atoms with E-state index in [0.29, 0.717) is 5.95 Å². The Hall–Kier alpha value is -3.04. The number of nitrogens with one attached hydrogen (secondary N) is 1. The lowest BCUT2D eigenvalue weighted by atomic mass is 10.1. The van der Waals surface area contributed by atoms with Gasteiger partial charge >= 0.3 is 0 Å². The fraction of sp³-hybridized carbons (Fsp3) is 0.364. The molecule has 2 N–H and O–H groups in total. The van der Waals surface area contributed by atoms with Gasteiger partial charge in [-0.05, 0) is 49.2 Å². The number of aliphatic hydroxyl groups excluding tert-OH is 1. The molecule has 9 heteroatoms. The topological polar surface area (TPSA) is 69.5 Å². The zero-order valence-electron chi connectivity index (χ0n) is 17.4. The molecule has 1 aromatic heterocycles. The van der Waals surface area contributed by atoms with Gasteiger partial charge in [0.25, 0.3) is 0 Å². The molecule has 1 fully saturated rings. The number of aromatic nitrogens is 3. The monoisotopic (exact) mass is 428 g/mol. The average molecular weight is 428 g/mol. The number of hydrogen-bond acceptors (Lipinski definition) is 6.